The SMILES string of the molecule is Nc1nc2c(ncn2[C@H]2CC(O)[C@@H](COP(=O)(O)OC[C@H]3O[C@@H](n4cnc5c(=O)[nH]c(N)nc54)CC3O)O2)c(=O)[nH]1. The zero-order valence-electron chi connectivity index (χ0n) is 20.9. The number of hydrogen-bond acceptors (Lipinski definition) is 15. The molecule has 2 saturated heterocycles. The Bertz CT molecular complexity index is 1640. The molecule has 6 heterocycles. The van der Waals surface area contributed by atoms with E-state index in [9.17, 15) is 29.3 Å². The average Bonchev–Trinajstić information content (AvgIpc) is 3.67. The minimum absolute atomic E-state index is 0.0269. The summed E-state index contributed by atoms with van der Waals surface area (Å²) in [6.07, 6.45) is -3.18. The highest BCUT2D eigenvalue weighted by Crippen LogP contribution is 2.45. The molecule has 0 bridgehead atoms. The fourth-order valence-corrected chi connectivity index (χ4v) is 5.50. The lowest BCUT2D eigenvalue weighted by molar-refractivity contribution is -0.0559. The number of H-pyrrole nitrogens is 2. The highest BCUT2D eigenvalue weighted by Gasteiger charge is 2.40. The molecule has 41 heavy (non-hydrogen) atoms. The van der Waals surface area contributed by atoms with Crippen molar-refractivity contribution < 1.29 is 38.2 Å². The van der Waals surface area contributed by atoms with Gasteiger partial charge in [-0.1, -0.05) is 0 Å². The Labute approximate surface area is 227 Å². The number of rotatable bonds is 8. The Morgan fingerprint density at radius 2 is 1.29 bits per heavy atom. The number of phosphoric acid groups is 1. The summed E-state index contributed by atoms with van der Waals surface area (Å²) in [5.74, 6) is -0.252. The van der Waals surface area contributed by atoms with Crippen molar-refractivity contribution >= 4 is 42.0 Å². The molecular weight excluding hydrogens is 571 g/mol. The molecule has 0 radical (unpaired) electrons. The second-order valence-electron chi connectivity index (χ2n) is 9.47. The van der Waals surface area contributed by atoms with Gasteiger partial charge >= 0.3 is 7.82 Å². The van der Waals surface area contributed by atoms with Gasteiger partial charge in [0.1, 0.15) is 24.7 Å². The van der Waals surface area contributed by atoms with Crippen LogP contribution in [0, 0.1) is 0 Å². The van der Waals surface area contributed by atoms with Crippen molar-refractivity contribution in [3.8, 4) is 0 Å². The van der Waals surface area contributed by atoms with Crippen molar-refractivity contribution in [1.82, 2.24) is 39.0 Å². The molecule has 220 valence electrons. The van der Waals surface area contributed by atoms with E-state index in [2.05, 4.69) is 29.9 Å². The molecule has 4 aromatic heterocycles. The van der Waals surface area contributed by atoms with Gasteiger partial charge in [-0.2, -0.15) is 9.97 Å². The number of phosphoric ester groups is 1. The number of aliphatic hydroxyl groups is 2. The van der Waals surface area contributed by atoms with Crippen molar-refractivity contribution in [1.29, 1.82) is 0 Å². The van der Waals surface area contributed by atoms with Crippen molar-refractivity contribution in [2.75, 3.05) is 24.7 Å². The lowest BCUT2D eigenvalue weighted by atomic mass is 10.2. The molecule has 0 amide bonds. The van der Waals surface area contributed by atoms with Crippen molar-refractivity contribution in [3.05, 3.63) is 33.4 Å². The predicted octanol–water partition coefficient (Wildman–Crippen LogP) is -2.15. The van der Waals surface area contributed by atoms with Gasteiger partial charge in [-0.3, -0.25) is 37.7 Å². The number of nitrogens with one attached hydrogen (secondary N) is 2. The Hall–Kier alpha value is -3.75. The Kier molecular flexibility index (Phi) is 6.86. The summed E-state index contributed by atoms with van der Waals surface area (Å²) in [4.78, 5) is 55.0. The van der Waals surface area contributed by atoms with Gasteiger partial charge in [0.2, 0.25) is 11.9 Å². The predicted molar refractivity (Wildman–Crippen MR) is 136 cm³/mol. The molecule has 4 aromatic rings. The maximum Gasteiger partial charge on any atom is 0.472 e. The number of nitrogens with two attached hydrogens (primary N) is 2. The van der Waals surface area contributed by atoms with E-state index in [1.807, 2.05) is 0 Å². The Morgan fingerprint density at radius 3 is 1.71 bits per heavy atom. The second-order valence-corrected chi connectivity index (χ2v) is 10.9. The van der Waals surface area contributed by atoms with E-state index in [-0.39, 0.29) is 47.1 Å². The number of ether oxygens (including phenoxy) is 2. The first-order chi connectivity index (χ1) is 19.5. The van der Waals surface area contributed by atoms with Crippen LogP contribution in [0.25, 0.3) is 22.3 Å². The zero-order valence-corrected chi connectivity index (χ0v) is 21.8. The molecule has 20 nitrogen and oxygen atoms in total. The maximum atomic E-state index is 12.5. The molecule has 2 aliphatic heterocycles. The molecular formula is C20H25N10O10P. The van der Waals surface area contributed by atoms with Gasteiger partial charge in [0, 0.05) is 12.8 Å². The highest BCUT2D eigenvalue weighted by molar-refractivity contribution is 7.47. The maximum absolute atomic E-state index is 12.5. The van der Waals surface area contributed by atoms with Crippen LogP contribution in [0.5, 0.6) is 0 Å². The number of aromatic amines is 2. The number of nitrogens with zero attached hydrogens (tertiary/aromatic N) is 6. The fourth-order valence-electron chi connectivity index (χ4n) is 4.75. The van der Waals surface area contributed by atoms with Gasteiger partial charge in [-0.25, -0.2) is 14.5 Å². The third-order valence-electron chi connectivity index (χ3n) is 6.73. The van der Waals surface area contributed by atoms with Crippen molar-refractivity contribution in [3.63, 3.8) is 0 Å². The van der Waals surface area contributed by atoms with Gasteiger partial charge in [0.05, 0.1) is 38.1 Å². The number of hydrogen-bond donors (Lipinski definition) is 7. The lowest BCUT2D eigenvalue weighted by Gasteiger charge is -2.20. The Balaban J connectivity index is 1.05. The Morgan fingerprint density at radius 1 is 0.878 bits per heavy atom. The lowest BCUT2D eigenvalue weighted by Crippen LogP contribution is -2.28. The van der Waals surface area contributed by atoms with Gasteiger partial charge in [0.25, 0.3) is 11.1 Å². The molecule has 2 aliphatic rings. The minimum Gasteiger partial charge on any atom is -0.390 e. The summed E-state index contributed by atoms with van der Waals surface area (Å²) in [6, 6.07) is 0. The van der Waals surface area contributed by atoms with Crippen LogP contribution in [0.15, 0.2) is 22.2 Å². The smallest absolute Gasteiger partial charge is 0.390 e. The summed E-state index contributed by atoms with van der Waals surface area (Å²) in [7, 11) is -4.68. The quantitative estimate of drug-likeness (QED) is 0.107. The van der Waals surface area contributed by atoms with Crippen LogP contribution in [0.2, 0.25) is 0 Å². The zero-order chi connectivity index (χ0) is 29.1. The third-order valence-corrected chi connectivity index (χ3v) is 7.68. The van der Waals surface area contributed by atoms with E-state index >= 15 is 0 Å². The average molecular weight is 596 g/mol. The summed E-state index contributed by atoms with van der Waals surface area (Å²) >= 11 is 0. The van der Waals surface area contributed by atoms with Crippen LogP contribution in [-0.2, 0) is 23.1 Å². The normalized spacial score (nSPS) is 28.1. The van der Waals surface area contributed by atoms with Gasteiger partial charge in [0.15, 0.2) is 22.3 Å². The van der Waals surface area contributed by atoms with Crippen LogP contribution < -0.4 is 22.6 Å². The van der Waals surface area contributed by atoms with Crippen LogP contribution in [0.3, 0.4) is 0 Å². The third kappa shape index (κ3) is 5.22. The first kappa shape index (κ1) is 27.4. The van der Waals surface area contributed by atoms with Crippen LogP contribution in [0.4, 0.5) is 11.9 Å². The largest absolute Gasteiger partial charge is 0.472 e. The molecule has 21 heteroatoms. The number of fused-ring (bicyclic) bond motifs is 2. The van der Waals surface area contributed by atoms with Gasteiger partial charge in [-0.05, 0) is 0 Å². The summed E-state index contributed by atoms with van der Waals surface area (Å²) in [5.41, 5.74) is 10.5. The van der Waals surface area contributed by atoms with Gasteiger partial charge in [-0.15, -0.1) is 0 Å². The minimum atomic E-state index is -4.68. The van der Waals surface area contributed by atoms with E-state index < -0.39 is 69.0 Å². The van der Waals surface area contributed by atoms with E-state index in [1.54, 1.807) is 0 Å². The first-order valence-corrected chi connectivity index (χ1v) is 13.7. The highest BCUT2D eigenvalue weighted by atomic mass is 31.2. The van der Waals surface area contributed by atoms with Crippen molar-refractivity contribution in [2.24, 2.45) is 0 Å². The summed E-state index contributed by atoms with van der Waals surface area (Å²) < 4.78 is 36.9. The molecule has 0 aromatic carbocycles. The number of nitrogen functional groups attached to an aromatic ring is 2. The number of aromatic nitrogens is 8. The molecule has 0 aliphatic carbocycles. The van der Waals surface area contributed by atoms with Gasteiger partial charge < -0.3 is 36.0 Å². The number of aliphatic hydroxyl groups excluding tert-OH is 2. The summed E-state index contributed by atoms with van der Waals surface area (Å²) in [6.45, 7) is -1.04. The van der Waals surface area contributed by atoms with Crippen LogP contribution in [0.1, 0.15) is 25.3 Å². The molecule has 0 saturated carbocycles. The first-order valence-electron chi connectivity index (χ1n) is 12.2. The van der Waals surface area contributed by atoms with E-state index in [0.717, 1.165) is 0 Å². The number of anilines is 2. The van der Waals surface area contributed by atoms with Crippen molar-refractivity contribution in [2.45, 2.75) is 49.7 Å². The molecule has 2 unspecified atom stereocenters. The van der Waals surface area contributed by atoms with E-state index in [0.29, 0.717) is 0 Å². The summed E-state index contributed by atoms with van der Waals surface area (Å²) in [5, 5.41) is 20.9. The standard InChI is InChI=1S/C20H25N10O10P/c21-19-25-15-13(17(33)27-19)23-5-29(15)11-1-7(31)9(39-11)3-37-41(35,36)38-4-10-8(32)2-12(40-10)30-6-24-14-16(30)26-20(22)28-18(14)34/h5-12,31-32H,1-4H2,(H,35,36)(H3,21,25,27,33)(H3,22,26,28,34)/t7?,8?,9-,10-,11-,12-/m1/s1. The molecule has 2 fully saturated rings. The topological polar surface area (TPSA) is 294 Å². The molecule has 6 rings (SSSR count). The monoisotopic (exact) mass is 596 g/mol. The van der Waals surface area contributed by atoms with E-state index in [1.165, 1.54) is 21.8 Å². The molecule has 9 N–H and O–H groups in total. The number of imidazole rings is 2. The van der Waals surface area contributed by atoms with E-state index in [4.69, 9.17) is 30.0 Å². The van der Waals surface area contributed by atoms with Crippen LogP contribution >= 0.6 is 7.82 Å². The fraction of sp³-hybridized carbons (Fsp3) is 0.500. The van der Waals surface area contributed by atoms with Crippen LogP contribution in [-0.4, -0.2) is 91.8 Å². The molecule has 0 spiro atoms. The molecule has 6 atom stereocenters. The second kappa shape index (κ2) is 10.3.